The van der Waals surface area contributed by atoms with Gasteiger partial charge in [0.05, 0.1) is 21.8 Å². The van der Waals surface area contributed by atoms with E-state index in [1.54, 1.807) is 11.3 Å². The van der Waals surface area contributed by atoms with Crippen molar-refractivity contribution < 1.29 is 0 Å². The van der Waals surface area contributed by atoms with Crippen molar-refractivity contribution in [1.82, 2.24) is 19.9 Å². The van der Waals surface area contributed by atoms with Crippen LogP contribution in [0.5, 0.6) is 0 Å². The first-order valence-corrected chi connectivity index (χ1v) is 11.5. The standard InChI is InChI=1S/C23H26N4OS/c28-23-18-15-27(14-16-8-9-20(24-13-16)21-7-4-12-29-21)11-10-19(18)25-22(26-23)17-5-2-1-3-6-17/h4,7-9,12-13,17H,1-3,5-6,10-11,14-15H2,(H,25,26,28). The molecule has 5 rings (SSSR count). The van der Waals surface area contributed by atoms with Gasteiger partial charge in [-0.05, 0) is 35.9 Å². The lowest BCUT2D eigenvalue weighted by Gasteiger charge is -2.28. The number of nitrogens with zero attached hydrogens (tertiary/aromatic N) is 3. The first-order chi connectivity index (χ1) is 14.3. The third-order valence-electron chi connectivity index (χ3n) is 6.16. The highest BCUT2D eigenvalue weighted by molar-refractivity contribution is 7.13. The topological polar surface area (TPSA) is 61.9 Å². The smallest absolute Gasteiger partial charge is 0.255 e. The molecule has 4 heterocycles. The number of rotatable bonds is 4. The lowest BCUT2D eigenvalue weighted by Crippen LogP contribution is -2.36. The Morgan fingerprint density at radius 1 is 1.17 bits per heavy atom. The first-order valence-electron chi connectivity index (χ1n) is 10.6. The molecular formula is C23H26N4OS. The summed E-state index contributed by atoms with van der Waals surface area (Å²) in [5.74, 6) is 1.36. The second-order valence-electron chi connectivity index (χ2n) is 8.20. The van der Waals surface area contributed by atoms with E-state index < -0.39 is 0 Å². The third kappa shape index (κ3) is 4.05. The van der Waals surface area contributed by atoms with Gasteiger partial charge in [-0.3, -0.25) is 14.7 Å². The minimum absolute atomic E-state index is 0.0615. The number of aromatic amines is 1. The molecule has 0 aromatic carbocycles. The van der Waals surface area contributed by atoms with Crippen LogP contribution in [0.3, 0.4) is 0 Å². The summed E-state index contributed by atoms with van der Waals surface area (Å²) >= 11 is 1.70. The van der Waals surface area contributed by atoms with Crippen LogP contribution in [0.25, 0.3) is 10.6 Å². The highest BCUT2D eigenvalue weighted by Crippen LogP contribution is 2.31. The maximum Gasteiger partial charge on any atom is 0.255 e. The molecule has 1 N–H and O–H groups in total. The number of H-pyrrole nitrogens is 1. The Morgan fingerprint density at radius 2 is 2.07 bits per heavy atom. The Morgan fingerprint density at radius 3 is 2.83 bits per heavy atom. The average molecular weight is 407 g/mol. The molecule has 6 heteroatoms. The summed E-state index contributed by atoms with van der Waals surface area (Å²) in [6, 6.07) is 8.37. The van der Waals surface area contributed by atoms with Gasteiger partial charge in [-0.1, -0.05) is 31.4 Å². The summed E-state index contributed by atoms with van der Waals surface area (Å²) in [5, 5.41) is 2.07. The van der Waals surface area contributed by atoms with Crippen LogP contribution in [0.1, 0.15) is 60.7 Å². The van der Waals surface area contributed by atoms with Gasteiger partial charge in [-0.15, -0.1) is 11.3 Å². The van der Waals surface area contributed by atoms with Crippen molar-refractivity contribution in [2.24, 2.45) is 0 Å². The van der Waals surface area contributed by atoms with Crippen LogP contribution < -0.4 is 5.56 Å². The molecule has 1 aliphatic heterocycles. The summed E-state index contributed by atoms with van der Waals surface area (Å²) in [6.45, 7) is 2.40. The molecule has 0 spiro atoms. The summed E-state index contributed by atoms with van der Waals surface area (Å²) < 4.78 is 0. The van der Waals surface area contributed by atoms with Crippen molar-refractivity contribution in [3.8, 4) is 10.6 Å². The molecule has 0 atom stereocenters. The molecule has 0 amide bonds. The molecule has 0 bridgehead atoms. The fraction of sp³-hybridized carbons (Fsp3) is 0.435. The lowest BCUT2D eigenvalue weighted by molar-refractivity contribution is 0.240. The molecule has 0 unspecified atom stereocenters. The lowest BCUT2D eigenvalue weighted by atomic mass is 9.88. The Hall–Kier alpha value is -2.31. The zero-order chi connectivity index (χ0) is 19.6. The Balaban J connectivity index is 1.29. The minimum atomic E-state index is 0.0615. The Kier molecular flexibility index (Phi) is 5.29. The number of aromatic nitrogens is 3. The molecule has 1 aliphatic carbocycles. The fourth-order valence-corrected chi connectivity index (χ4v) is 5.25. The predicted octanol–water partition coefficient (Wildman–Crippen LogP) is 4.50. The highest BCUT2D eigenvalue weighted by atomic mass is 32.1. The van der Waals surface area contributed by atoms with Gasteiger partial charge < -0.3 is 4.98 Å². The molecule has 150 valence electrons. The molecule has 0 saturated heterocycles. The summed E-state index contributed by atoms with van der Waals surface area (Å²) in [7, 11) is 0. The van der Waals surface area contributed by atoms with Gasteiger partial charge in [-0.25, -0.2) is 4.98 Å². The van der Waals surface area contributed by atoms with E-state index in [1.807, 2.05) is 12.3 Å². The van der Waals surface area contributed by atoms with Crippen LogP contribution in [0.15, 0.2) is 40.6 Å². The molecule has 2 aliphatic rings. The van der Waals surface area contributed by atoms with Crippen molar-refractivity contribution in [1.29, 1.82) is 0 Å². The SMILES string of the molecule is O=c1[nH]c(C2CCCCC2)nc2c1CN(Cc1ccc(-c3cccs3)nc1)CC2. The van der Waals surface area contributed by atoms with E-state index in [4.69, 9.17) is 4.98 Å². The molecule has 3 aromatic heterocycles. The zero-order valence-corrected chi connectivity index (χ0v) is 17.4. The van der Waals surface area contributed by atoms with E-state index in [0.717, 1.165) is 55.1 Å². The van der Waals surface area contributed by atoms with Crippen molar-refractivity contribution >= 4 is 11.3 Å². The van der Waals surface area contributed by atoms with Crippen molar-refractivity contribution in [3.05, 3.63) is 68.8 Å². The number of fused-ring (bicyclic) bond motifs is 1. The van der Waals surface area contributed by atoms with Gasteiger partial charge in [0.1, 0.15) is 5.82 Å². The first kappa shape index (κ1) is 18.7. The Labute approximate surface area is 174 Å². The largest absolute Gasteiger partial charge is 0.310 e. The van der Waals surface area contributed by atoms with Crippen molar-refractivity contribution in [2.75, 3.05) is 6.54 Å². The van der Waals surface area contributed by atoms with E-state index >= 15 is 0 Å². The van der Waals surface area contributed by atoms with Gasteiger partial charge in [0.15, 0.2) is 0 Å². The van der Waals surface area contributed by atoms with E-state index in [9.17, 15) is 4.79 Å². The van der Waals surface area contributed by atoms with Crippen LogP contribution in [0.4, 0.5) is 0 Å². The van der Waals surface area contributed by atoms with Crippen LogP contribution in [-0.2, 0) is 19.5 Å². The minimum Gasteiger partial charge on any atom is -0.310 e. The predicted molar refractivity (Wildman–Crippen MR) is 116 cm³/mol. The molecule has 29 heavy (non-hydrogen) atoms. The number of thiophene rings is 1. The van der Waals surface area contributed by atoms with Gasteiger partial charge in [0.2, 0.25) is 0 Å². The van der Waals surface area contributed by atoms with Gasteiger partial charge in [0.25, 0.3) is 5.56 Å². The molecular weight excluding hydrogens is 380 g/mol. The second kappa shape index (κ2) is 8.20. The van der Waals surface area contributed by atoms with E-state index in [2.05, 4.69) is 38.4 Å². The number of hydrogen-bond acceptors (Lipinski definition) is 5. The molecule has 1 saturated carbocycles. The highest BCUT2D eigenvalue weighted by Gasteiger charge is 2.24. The zero-order valence-electron chi connectivity index (χ0n) is 16.6. The summed E-state index contributed by atoms with van der Waals surface area (Å²) in [5.41, 5.74) is 4.11. The quantitative estimate of drug-likeness (QED) is 0.693. The molecule has 5 nitrogen and oxygen atoms in total. The van der Waals surface area contributed by atoms with E-state index in [0.29, 0.717) is 12.5 Å². The third-order valence-corrected chi connectivity index (χ3v) is 7.05. The number of hydrogen-bond donors (Lipinski definition) is 1. The molecule has 0 radical (unpaired) electrons. The fourth-order valence-electron chi connectivity index (χ4n) is 4.55. The molecule has 1 fully saturated rings. The van der Waals surface area contributed by atoms with Crippen LogP contribution in [0.2, 0.25) is 0 Å². The summed E-state index contributed by atoms with van der Waals surface area (Å²) in [4.78, 5) is 28.9. The van der Waals surface area contributed by atoms with E-state index in [-0.39, 0.29) is 5.56 Å². The average Bonchev–Trinajstić information content (AvgIpc) is 3.30. The normalized spacial score (nSPS) is 17.9. The number of nitrogens with one attached hydrogen (secondary N) is 1. The number of pyridine rings is 1. The maximum atomic E-state index is 12.8. The van der Waals surface area contributed by atoms with Gasteiger partial charge >= 0.3 is 0 Å². The summed E-state index contributed by atoms with van der Waals surface area (Å²) in [6.07, 6.45) is 8.92. The monoisotopic (exact) mass is 406 g/mol. The van der Waals surface area contributed by atoms with Gasteiger partial charge in [-0.2, -0.15) is 0 Å². The molecule has 3 aromatic rings. The van der Waals surface area contributed by atoms with Crippen molar-refractivity contribution in [3.63, 3.8) is 0 Å². The van der Waals surface area contributed by atoms with Crippen molar-refractivity contribution in [2.45, 2.75) is 57.5 Å². The van der Waals surface area contributed by atoms with Crippen LogP contribution in [-0.4, -0.2) is 26.4 Å². The maximum absolute atomic E-state index is 12.8. The van der Waals surface area contributed by atoms with Gasteiger partial charge in [0, 0.05) is 38.2 Å². The van der Waals surface area contributed by atoms with E-state index in [1.165, 1.54) is 29.7 Å². The Bertz CT molecular complexity index is 1020. The second-order valence-corrected chi connectivity index (χ2v) is 9.15. The van der Waals surface area contributed by atoms with Crippen LogP contribution >= 0.6 is 11.3 Å². The van der Waals surface area contributed by atoms with Crippen LogP contribution in [0, 0.1) is 0 Å².